The van der Waals surface area contributed by atoms with Gasteiger partial charge in [-0.05, 0) is 164 Å². The molecule has 58 heavy (non-hydrogen) atoms. The summed E-state index contributed by atoms with van der Waals surface area (Å²) in [6, 6.07) is 29.3. The van der Waals surface area contributed by atoms with Gasteiger partial charge >= 0.3 is 0 Å². The average molecular weight is 855 g/mol. The van der Waals surface area contributed by atoms with Crippen molar-refractivity contribution in [3.05, 3.63) is 194 Å². The fourth-order valence-corrected chi connectivity index (χ4v) is 7.22. The van der Waals surface area contributed by atoms with Gasteiger partial charge in [0.1, 0.15) is 17.3 Å². The highest BCUT2D eigenvalue weighted by Crippen LogP contribution is 2.12. The third-order valence-electron chi connectivity index (χ3n) is 7.38. The van der Waals surface area contributed by atoms with Crippen molar-refractivity contribution in [2.45, 2.75) is 111 Å². The largest absolute Gasteiger partial charge is 0.469 e. The molecule has 0 aliphatic heterocycles. The molecule has 6 aromatic heterocycles. The number of nitrogens with zero attached hydrogens (tertiary/aromatic N) is 2. The van der Waals surface area contributed by atoms with Crippen LogP contribution in [0.1, 0.15) is 85.9 Å². The second-order valence-corrected chi connectivity index (χ2v) is 19.2. The highest BCUT2D eigenvalue weighted by molar-refractivity contribution is 7.12. The van der Waals surface area contributed by atoms with Gasteiger partial charge in [0.15, 0.2) is 0 Å². The molecule has 8 heteroatoms. The first-order valence-electron chi connectivity index (χ1n) is 19.2. The average Bonchev–Trinajstić information content (AvgIpc) is 4.04. The van der Waals surface area contributed by atoms with Gasteiger partial charge < -0.3 is 8.83 Å². The lowest BCUT2D eigenvalue weighted by Crippen LogP contribution is -1.70. The van der Waals surface area contributed by atoms with Crippen molar-refractivity contribution in [1.82, 2.24) is 9.97 Å². The molecule has 0 N–H and O–H groups in total. The van der Waals surface area contributed by atoms with E-state index in [-0.39, 0.29) is 0 Å². The van der Waals surface area contributed by atoms with Crippen LogP contribution in [0.3, 0.4) is 0 Å². The summed E-state index contributed by atoms with van der Waals surface area (Å²) < 4.78 is 10.0. The summed E-state index contributed by atoms with van der Waals surface area (Å²) in [6.07, 6.45) is 3.63. The van der Waals surface area contributed by atoms with E-state index in [1.54, 1.807) is 40.3 Å². The molecule has 0 fully saturated rings. The number of aryl methyl sites for hydroxylation is 16. The van der Waals surface area contributed by atoms with E-state index in [4.69, 9.17) is 8.83 Å². The maximum atomic E-state index is 5.08. The van der Waals surface area contributed by atoms with Gasteiger partial charge in [0.25, 0.3) is 0 Å². The number of furan rings is 2. The van der Waals surface area contributed by atoms with Gasteiger partial charge in [0.05, 0.1) is 16.3 Å². The summed E-state index contributed by atoms with van der Waals surface area (Å²) in [5, 5.41) is 6.51. The van der Waals surface area contributed by atoms with E-state index < -0.39 is 0 Å². The van der Waals surface area contributed by atoms with Crippen LogP contribution in [0, 0.1) is 111 Å². The molecule has 0 bridgehead atoms. The monoisotopic (exact) mass is 854 g/mol. The highest BCUT2D eigenvalue weighted by atomic mass is 32.1. The summed E-state index contributed by atoms with van der Waals surface area (Å²) in [6.45, 7) is 32.8. The lowest BCUT2D eigenvalue weighted by molar-refractivity contribution is 0.504. The van der Waals surface area contributed by atoms with Crippen LogP contribution in [0.15, 0.2) is 117 Å². The number of hydrogen-bond acceptors (Lipinski definition) is 8. The van der Waals surface area contributed by atoms with E-state index in [1.165, 1.54) is 52.9 Å². The molecule has 0 saturated heterocycles. The van der Waals surface area contributed by atoms with Crippen LogP contribution in [0.4, 0.5) is 0 Å². The summed E-state index contributed by atoms with van der Waals surface area (Å²) in [4.78, 5) is 13.7. The Morgan fingerprint density at radius 3 is 1.02 bits per heavy atom. The van der Waals surface area contributed by atoms with Crippen LogP contribution in [-0.2, 0) is 0 Å². The molecule has 0 saturated carbocycles. The van der Waals surface area contributed by atoms with Crippen molar-refractivity contribution in [2.24, 2.45) is 0 Å². The minimum atomic E-state index is 0.984. The second-order valence-electron chi connectivity index (χ2n) is 14.1. The van der Waals surface area contributed by atoms with E-state index in [1.807, 2.05) is 84.2 Å². The van der Waals surface area contributed by atoms with Crippen molar-refractivity contribution in [2.75, 3.05) is 0 Å². The summed E-state index contributed by atoms with van der Waals surface area (Å²) in [5.41, 5.74) is 9.01. The fourth-order valence-electron chi connectivity index (χ4n) is 4.48. The Kier molecular flexibility index (Phi) is 25.8. The zero-order chi connectivity index (χ0) is 43.6. The number of hydrogen-bond donors (Lipinski definition) is 0. The third kappa shape index (κ3) is 27.3. The molecule has 0 atom stereocenters. The van der Waals surface area contributed by atoms with Crippen LogP contribution in [0.2, 0.25) is 0 Å². The predicted octanol–water partition coefficient (Wildman–Crippen LogP) is 16.6. The molecule has 0 amide bonds. The van der Waals surface area contributed by atoms with E-state index in [0.29, 0.717) is 0 Å². The van der Waals surface area contributed by atoms with E-state index in [2.05, 4.69) is 150 Å². The molecule has 312 valence electrons. The van der Waals surface area contributed by atoms with Crippen molar-refractivity contribution in [3.63, 3.8) is 0 Å². The third-order valence-corrected chi connectivity index (χ3v) is 11.0. The van der Waals surface area contributed by atoms with Crippen molar-refractivity contribution < 1.29 is 8.83 Å². The zero-order valence-corrected chi connectivity index (χ0v) is 41.0. The Labute approximate surface area is 366 Å². The minimum Gasteiger partial charge on any atom is -0.469 e. The number of benzene rings is 2. The van der Waals surface area contributed by atoms with Crippen LogP contribution in [-0.4, -0.2) is 9.97 Å². The molecular formula is C50H66N2O2S4. The summed E-state index contributed by atoms with van der Waals surface area (Å²) >= 11 is 7.07. The standard InChI is InChI=1S/2C8H10.2C6H8O.2C6H8S.2C5H7NS/c2*1-7-3-5-8(2)6-4-7;1-5-3-6(2)7-4-5;1-5-3-4-6(2)7-5;1-5-3-6(2)7-4-5;1-5-3-4-6(2)7-5;1-4-3-7-5(2)6-4;1-4-3-6-5(2)7-4/h2*3-6H,1-2H3;4*3-4H,1-2H3;2*3H,1-2H3. The first-order valence-corrected chi connectivity index (χ1v) is 22.6. The van der Waals surface area contributed by atoms with Gasteiger partial charge in [-0.2, -0.15) is 0 Å². The quantitative estimate of drug-likeness (QED) is 0.152. The van der Waals surface area contributed by atoms with Gasteiger partial charge in [0, 0.05) is 36.8 Å². The smallest absolute Gasteiger partial charge is 0.101 e. The Hall–Kier alpha value is -4.34. The first kappa shape index (κ1) is 51.7. The fraction of sp³-hybridized carbons (Fsp3) is 0.320. The molecule has 8 aromatic rings. The molecule has 2 aromatic carbocycles. The molecule has 8 rings (SSSR count). The van der Waals surface area contributed by atoms with Crippen LogP contribution in [0.25, 0.3) is 0 Å². The number of thiophene rings is 2. The molecule has 0 aliphatic carbocycles. The zero-order valence-electron chi connectivity index (χ0n) is 37.7. The van der Waals surface area contributed by atoms with Gasteiger partial charge in [-0.3, -0.25) is 0 Å². The lowest BCUT2D eigenvalue weighted by atomic mass is 10.2. The molecule has 0 spiro atoms. The second kappa shape index (κ2) is 29.0. The van der Waals surface area contributed by atoms with E-state index >= 15 is 0 Å². The Bertz CT molecular complexity index is 1730. The van der Waals surface area contributed by atoms with Crippen LogP contribution in [0.5, 0.6) is 0 Å². The lowest BCUT2D eigenvalue weighted by Gasteiger charge is -1.90. The van der Waals surface area contributed by atoms with Gasteiger partial charge in [-0.15, -0.1) is 45.3 Å². The van der Waals surface area contributed by atoms with Crippen molar-refractivity contribution in [1.29, 1.82) is 0 Å². The molecule has 0 radical (unpaired) electrons. The molecule has 0 unspecified atom stereocenters. The van der Waals surface area contributed by atoms with E-state index in [0.717, 1.165) is 33.0 Å². The van der Waals surface area contributed by atoms with Crippen molar-refractivity contribution in [3.8, 4) is 0 Å². The van der Waals surface area contributed by atoms with Crippen LogP contribution >= 0.6 is 45.3 Å². The number of rotatable bonds is 0. The normalized spacial score (nSPS) is 9.38. The van der Waals surface area contributed by atoms with Gasteiger partial charge in [0.2, 0.25) is 0 Å². The van der Waals surface area contributed by atoms with E-state index in [9.17, 15) is 0 Å². The minimum absolute atomic E-state index is 0.984. The maximum absolute atomic E-state index is 5.08. The topological polar surface area (TPSA) is 52.1 Å². The number of aromatic nitrogens is 2. The SMILES string of the molecule is Cc1ccc(C)cc1.Cc1ccc(C)cc1.Cc1ccc(C)o1.Cc1ccc(C)s1.Cc1cnc(C)s1.Cc1coc(C)c1.Cc1csc(C)c1.Cc1csc(C)n1. The van der Waals surface area contributed by atoms with Gasteiger partial charge in [-0.1, -0.05) is 70.8 Å². The van der Waals surface area contributed by atoms with Crippen molar-refractivity contribution >= 4 is 45.3 Å². The summed E-state index contributed by atoms with van der Waals surface area (Å²) in [7, 11) is 0. The molecule has 0 aliphatic rings. The Morgan fingerprint density at radius 1 is 0.397 bits per heavy atom. The van der Waals surface area contributed by atoms with Gasteiger partial charge in [-0.25, -0.2) is 9.97 Å². The maximum Gasteiger partial charge on any atom is 0.101 e. The summed E-state index contributed by atoms with van der Waals surface area (Å²) in [5.74, 6) is 2.95. The molecule has 6 heterocycles. The molecular weight excluding hydrogens is 789 g/mol. The Morgan fingerprint density at radius 2 is 0.879 bits per heavy atom. The number of thiazole rings is 2. The van der Waals surface area contributed by atoms with Crippen LogP contribution < -0.4 is 0 Å². The first-order chi connectivity index (χ1) is 27.3. The molecule has 4 nitrogen and oxygen atoms in total. The predicted molar refractivity (Wildman–Crippen MR) is 259 cm³/mol. The highest BCUT2D eigenvalue weighted by Gasteiger charge is 1.89. The Balaban J connectivity index is 0.000000332.